The molecule has 0 radical (unpaired) electrons. The van der Waals surface area contributed by atoms with Gasteiger partial charge < -0.3 is 19.8 Å². The summed E-state index contributed by atoms with van der Waals surface area (Å²) in [6.45, 7) is 4.75. The Kier molecular flexibility index (Phi) is 4.20. The molecule has 0 unspecified atom stereocenters. The smallest absolute Gasteiger partial charge is 0.130 e. The summed E-state index contributed by atoms with van der Waals surface area (Å²) in [5.74, 6) is 1.73. The van der Waals surface area contributed by atoms with Crippen molar-refractivity contribution in [2.45, 2.75) is 39.0 Å². The summed E-state index contributed by atoms with van der Waals surface area (Å²) in [5, 5.41) is 0. The van der Waals surface area contributed by atoms with Crippen LogP contribution in [0.15, 0.2) is 10.5 Å². The van der Waals surface area contributed by atoms with E-state index in [2.05, 4.69) is 11.9 Å². The fourth-order valence-electron chi connectivity index (χ4n) is 1.94. The monoisotopic (exact) mass is 238 g/mol. The fourth-order valence-corrected chi connectivity index (χ4v) is 1.94. The first kappa shape index (κ1) is 12.6. The fraction of sp³-hybridized carbons (Fsp3) is 0.692. The molecule has 4 heteroatoms. The maximum Gasteiger partial charge on any atom is 0.130 e. The van der Waals surface area contributed by atoms with Crippen molar-refractivity contribution in [2.75, 3.05) is 20.2 Å². The summed E-state index contributed by atoms with van der Waals surface area (Å²) < 4.78 is 11.2. The second-order valence-corrected chi connectivity index (χ2v) is 4.79. The Morgan fingerprint density at radius 1 is 1.53 bits per heavy atom. The third-order valence-corrected chi connectivity index (χ3v) is 3.26. The van der Waals surface area contributed by atoms with Gasteiger partial charge in [-0.3, -0.25) is 0 Å². The number of hydrogen-bond acceptors (Lipinski definition) is 4. The summed E-state index contributed by atoms with van der Waals surface area (Å²) >= 11 is 0. The zero-order valence-corrected chi connectivity index (χ0v) is 10.7. The highest BCUT2D eigenvalue weighted by Crippen LogP contribution is 2.24. The van der Waals surface area contributed by atoms with E-state index in [4.69, 9.17) is 14.9 Å². The van der Waals surface area contributed by atoms with E-state index < -0.39 is 0 Å². The van der Waals surface area contributed by atoms with Crippen molar-refractivity contribution in [2.24, 2.45) is 5.73 Å². The molecule has 17 heavy (non-hydrogen) atoms. The van der Waals surface area contributed by atoms with Crippen LogP contribution in [-0.4, -0.2) is 31.1 Å². The van der Waals surface area contributed by atoms with E-state index in [0.717, 1.165) is 36.3 Å². The molecule has 1 aliphatic carbocycles. The molecule has 1 aromatic rings. The minimum Gasteiger partial charge on any atom is -0.462 e. The minimum atomic E-state index is 0.455. The van der Waals surface area contributed by atoms with Crippen LogP contribution in [0.5, 0.6) is 0 Å². The summed E-state index contributed by atoms with van der Waals surface area (Å²) in [5.41, 5.74) is 6.67. The van der Waals surface area contributed by atoms with Crippen LogP contribution in [0.3, 0.4) is 0 Å². The van der Waals surface area contributed by atoms with Crippen LogP contribution in [0, 0.1) is 6.92 Å². The van der Waals surface area contributed by atoms with Crippen molar-refractivity contribution in [1.82, 2.24) is 4.90 Å². The van der Waals surface area contributed by atoms with E-state index in [9.17, 15) is 0 Å². The van der Waals surface area contributed by atoms with Crippen molar-refractivity contribution in [1.29, 1.82) is 0 Å². The molecular weight excluding hydrogens is 216 g/mol. The number of hydrogen-bond donors (Lipinski definition) is 1. The van der Waals surface area contributed by atoms with E-state index in [-0.39, 0.29) is 0 Å². The Morgan fingerprint density at radius 2 is 2.29 bits per heavy atom. The van der Waals surface area contributed by atoms with Crippen LogP contribution in [0.1, 0.15) is 29.9 Å². The number of ether oxygens (including phenoxy) is 1. The van der Waals surface area contributed by atoms with E-state index in [1.165, 1.54) is 12.8 Å². The second-order valence-electron chi connectivity index (χ2n) is 4.79. The van der Waals surface area contributed by atoms with Gasteiger partial charge in [-0.15, -0.1) is 0 Å². The molecule has 0 bridgehead atoms. The summed E-state index contributed by atoms with van der Waals surface area (Å²) in [7, 11) is 2.16. The zero-order chi connectivity index (χ0) is 12.3. The number of rotatable bonds is 7. The highest BCUT2D eigenvalue weighted by Gasteiger charge is 2.25. The first-order valence-electron chi connectivity index (χ1n) is 6.27. The van der Waals surface area contributed by atoms with Gasteiger partial charge in [-0.1, -0.05) is 0 Å². The Labute approximate surface area is 103 Å². The first-order chi connectivity index (χ1) is 8.20. The van der Waals surface area contributed by atoms with E-state index in [0.29, 0.717) is 13.2 Å². The summed E-state index contributed by atoms with van der Waals surface area (Å²) in [6, 6.07) is 2.81. The van der Waals surface area contributed by atoms with E-state index >= 15 is 0 Å². The number of furan rings is 1. The lowest BCUT2D eigenvalue weighted by molar-refractivity contribution is 0.0856. The predicted molar refractivity (Wildman–Crippen MR) is 66.6 cm³/mol. The van der Waals surface area contributed by atoms with Gasteiger partial charge in [0.1, 0.15) is 18.1 Å². The molecule has 0 amide bonds. The number of nitrogens with zero attached hydrogens (tertiary/aromatic N) is 1. The van der Waals surface area contributed by atoms with Crippen LogP contribution in [0.2, 0.25) is 0 Å². The minimum absolute atomic E-state index is 0.455. The third-order valence-electron chi connectivity index (χ3n) is 3.26. The molecule has 2 rings (SSSR count). The van der Waals surface area contributed by atoms with E-state index in [1.54, 1.807) is 0 Å². The van der Waals surface area contributed by atoms with Gasteiger partial charge in [-0.05, 0) is 38.4 Å². The van der Waals surface area contributed by atoms with Crippen LogP contribution in [0.4, 0.5) is 0 Å². The summed E-state index contributed by atoms with van der Waals surface area (Å²) in [6.07, 6.45) is 2.68. The van der Waals surface area contributed by atoms with Gasteiger partial charge >= 0.3 is 0 Å². The first-order valence-corrected chi connectivity index (χ1v) is 6.27. The standard InChI is InChI=1S/C13H22N2O2/c1-10-7-12(17-13(10)8-14)9-16-6-5-15(2)11-3-4-11/h7,11H,3-6,8-9,14H2,1-2H3. The molecule has 1 saturated carbocycles. The number of nitrogens with two attached hydrogens (primary N) is 1. The third kappa shape index (κ3) is 3.56. The SMILES string of the molecule is Cc1cc(COCCN(C)C2CC2)oc1CN. The average Bonchev–Trinajstić information content (AvgIpc) is 3.09. The lowest BCUT2D eigenvalue weighted by atomic mass is 10.3. The molecule has 96 valence electrons. The lowest BCUT2D eigenvalue weighted by Gasteiger charge is -2.14. The van der Waals surface area contributed by atoms with Crippen molar-refractivity contribution in [3.63, 3.8) is 0 Å². The molecule has 1 fully saturated rings. The predicted octanol–water partition coefficient (Wildman–Crippen LogP) is 1.66. The van der Waals surface area contributed by atoms with Gasteiger partial charge in [0.2, 0.25) is 0 Å². The Balaban J connectivity index is 1.66. The molecule has 0 spiro atoms. The molecule has 1 heterocycles. The summed E-state index contributed by atoms with van der Waals surface area (Å²) in [4.78, 5) is 2.36. The Bertz CT molecular complexity index is 358. The zero-order valence-electron chi connectivity index (χ0n) is 10.7. The van der Waals surface area contributed by atoms with Gasteiger partial charge in [0.05, 0.1) is 13.2 Å². The molecule has 2 N–H and O–H groups in total. The number of likely N-dealkylation sites (N-methyl/N-ethyl adjacent to an activating group) is 1. The van der Waals surface area contributed by atoms with Crippen molar-refractivity contribution >= 4 is 0 Å². The maximum atomic E-state index is 5.60. The van der Waals surface area contributed by atoms with Gasteiger partial charge in [0.15, 0.2) is 0 Å². The normalized spacial score (nSPS) is 15.8. The van der Waals surface area contributed by atoms with Crippen molar-refractivity contribution < 1.29 is 9.15 Å². The van der Waals surface area contributed by atoms with Crippen LogP contribution in [-0.2, 0) is 17.9 Å². The molecule has 4 nitrogen and oxygen atoms in total. The topological polar surface area (TPSA) is 51.6 Å². The molecule has 0 aliphatic heterocycles. The van der Waals surface area contributed by atoms with Crippen molar-refractivity contribution in [3.05, 3.63) is 23.2 Å². The van der Waals surface area contributed by atoms with Crippen LogP contribution in [0.25, 0.3) is 0 Å². The molecule has 0 aromatic carbocycles. The van der Waals surface area contributed by atoms with Crippen LogP contribution < -0.4 is 5.73 Å². The lowest BCUT2D eigenvalue weighted by Crippen LogP contribution is -2.25. The molecular formula is C13H22N2O2. The highest BCUT2D eigenvalue weighted by molar-refractivity contribution is 5.19. The van der Waals surface area contributed by atoms with Crippen LogP contribution >= 0.6 is 0 Å². The second kappa shape index (κ2) is 5.67. The Hall–Kier alpha value is -0.840. The molecule has 1 aliphatic rings. The van der Waals surface area contributed by atoms with Gasteiger partial charge in [0, 0.05) is 12.6 Å². The quantitative estimate of drug-likeness (QED) is 0.734. The highest BCUT2D eigenvalue weighted by atomic mass is 16.5. The Morgan fingerprint density at radius 3 is 2.88 bits per heavy atom. The van der Waals surface area contributed by atoms with Crippen molar-refractivity contribution in [3.8, 4) is 0 Å². The van der Waals surface area contributed by atoms with Gasteiger partial charge in [-0.25, -0.2) is 0 Å². The van der Waals surface area contributed by atoms with Gasteiger partial charge in [0.25, 0.3) is 0 Å². The molecule has 0 atom stereocenters. The maximum absolute atomic E-state index is 5.60. The molecule has 0 saturated heterocycles. The average molecular weight is 238 g/mol. The van der Waals surface area contributed by atoms with Gasteiger partial charge in [-0.2, -0.15) is 0 Å². The van der Waals surface area contributed by atoms with E-state index in [1.807, 2.05) is 13.0 Å². The number of aryl methyl sites for hydroxylation is 1. The molecule has 1 aromatic heterocycles. The largest absolute Gasteiger partial charge is 0.462 e.